The highest BCUT2D eigenvalue weighted by atomic mass is 16.4. The van der Waals surface area contributed by atoms with E-state index in [1.807, 2.05) is 60.7 Å². The van der Waals surface area contributed by atoms with Gasteiger partial charge in [-0.05, 0) is 17.7 Å². The molecule has 0 aliphatic heterocycles. The highest BCUT2D eigenvalue weighted by molar-refractivity contribution is 5.66. The second kappa shape index (κ2) is 8.56. The molecule has 2 aromatic carbocycles. The number of aliphatic hydroxyl groups excluding tert-OH is 3. The van der Waals surface area contributed by atoms with Gasteiger partial charge in [0, 0.05) is 0 Å². The Balaban J connectivity index is 2.22. The molecular weight excluding hydrogens is 308 g/mol. The quantitative estimate of drug-likeness (QED) is 0.423. The first-order valence-electron chi connectivity index (χ1n) is 7.62. The molecule has 0 fully saturated rings. The summed E-state index contributed by atoms with van der Waals surface area (Å²) in [7, 11) is 0. The van der Waals surface area contributed by atoms with Crippen LogP contribution in [0.2, 0.25) is 0 Å². The summed E-state index contributed by atoms with van der Waals surface area (Å²) in [5.74, 6) is 0. The molecule has 0 spiro atoms. The Morgan fingerprint density at radius 2 is 1.50 bits per heavy atom. The predicted molar refractivity (Wildman–Crippen MR) is 92.7 cm³/mol. The van der Waals surface area contributed by atoms with Crippen molar-refractivity contribution in [2.45, 2.75) is 18.2 Å². The van der Waals surface area contributed by atoms with Crippen LogP contribution in [0.25, 0.3) is 0 Å². The molecule has 4 N–H and O–H groups in total. The van der Waals surface area contributed by atoms with Crippen LogP contribution in [0.4, 0.5) is 5.69 Å². The van der Waals surface area contributed by atoms with Crippen molar-refractivity contribution in [2.75, 3.05) is 18.2 Å². The fourth-order valence-corrected chi connectivity index (χ4v) is 2.07. The largest absolute Gasteiger partial charge is 0.393 e. The second-order valence-corrected chi connectivity index (χ2v) is 5.51. The number of hydrazone groups is 1. The fourth-order valence-electron chi connectivity index (χ4n) is 2.07. The van der Waals surface area contributed by atoms with Crippen LogP contribution in [-0.2, 0) is 6.54 Å². The Morgan fingerprint density at radius 1 is 0.958 bits per heavy atom. The molecule has 2 aromatic rings. The van der Waals surface area contributed by atoms with Gasteiger partial charge < -0.3 is 20.4 Å². The molecular formula is C18H22N2O4. The minimum atomic E-state index is -2.03. The van der Waals surface area contributed by atoms with E-state index in [-0.39, 0.29) is 0 Å². The Labute approximate surface area is 140 Å². The Kier molecular flexibility index (Phi) is 6.45. The molecule has 0 unspecified atom stereocenters. The Morgan fingerprint density at radius 3 is 2.04 bits per heavy atom. The Bertz CT molecular complexity index is 630. The minimum absolute atomic E-state index is 0.463. The van der Waals surface area contributed by atoms with Crippen molar-refractivity contribution in [2.24, 2.45) is 5.10 Å². The van der Waals surface area contributed by atoms with Gasteiger partial charge in [-0.1, -0.05) is 48.5 Å². The summed E-state index contributed by atoms with van der Waals surface area (Å²) in [6.07, 6.45) is -0.392. The molecule has 0 amide bonds. The van der Waals surface area contributed by atoms with Crippen LogP contribution in [0, 0.1) is 0 Å². The summed E-state index contributed by atoms with van der Waals surface area (Å²) < 4.78 is 0. The lowest BCUT2D eigenvalue weighted by Crippen LogP contribution is -2.50. The number of nitrogens with zero attached hydrogens (tertiary/aromatic N) is 2. The average molecular weight is 330 g/mol. The number of rotatable bonds is 8. The third kappa shape index (κ3) is 4.62. The molecule has 0 bridgehead atoms. The molecule has 0 aliphatic rings. The van der Waals surface area contributed by atoms with Gasteiger partial charge in [-0.15, -0.1) is 0 Å². The zero-order valence-corrected chi connectivity index (χ0v) is 13.2. The smallest absolute Gasteiger partial charge is 0.141 e. The third-order valence-corrected chi connectivity index (χ3v) is 3.67. The number of para-hydroxylation sites is 1. The molecule has 24 heavy (non-hydrogen) atoms. The molecule has 0 heterocycles. The first-order valence-corrected chi connectivity index (χ1v) is 7.62. The monoisotopic (exact) mass is 330 g/mol. The lowest BCUT2D eigenvalue weighted by molar-refractivity contribution is -0.106. The van der Waals surface area contributed by atoms with Gasteiger partial charge in [0.05, 0.1) is 31.7 Å². The van der Waals surface area contributed by atoms with E-state index in [1.54, 1.807) is 5.01 Å². The molecule has 6 nitrogen and oxygen atoms in total. The standard InChI is InChI=1S/C18H22N2O4/c21-13-18(24,14-22)17(23)11-19-20(16-9-5-2-6-10-16)12-15-7-3-1-4-8-15/h1-11,17,21-24H,12-14H2/b19-11+/t17-/m1/s1. The summed E-state index contributed by atoms with van der Waals surface area (Å²) in [6.45, 7) is -1.09. The first-order chi connectivity index (χ1) is 11.6. The van der Waals surface area contributed by atoms with Crippen molar-refractivity contribution in [3.8, 4) is 0 Å². The van der Waals surface area contributed by atoms with E-state index >= 15 is 0 Å². The molecule has 6 heteroatoms. The molecule has 1 atom stereocenters. The average Bonchev–Trinajstić information content (AvgIpc) is 2.65. The lowest BCUT2D eigenvalue weighted by atomic mass is 10.00. The van der Waals surface area contributed by atoms with E-state index < -0.39 is 24.9 Å². The third-order valence-electron chi connectivity index (χ3n) is 3.67. The number of aliphatic hydroxyl groups is 4. The van der Waals surface area contributed by atoms with Crippen LogP contribution >= 0.6 is 0 Å². The van der Waals surface area contributed by atoms with Crippen LogP contribution in [0.5, 0.6) is 0 Å². The van der Waals surface area contributed by atoms with Crippen LogP contribution in [-0.4, -0.2) is 51.6 Å². The van der Waals surface area contributed by atoms with E-state index in [1.165, 1.54) is 0 Å². The highest BCUT2D eigenvalue weighted by Crippen LogP contribution is 2.17. The van der Waals surface area contributed by atoms with E-state index in [4.69, 9.17) is 10.2 Å². The first kappa shape index (κ1) is 18.1. The van der Waals surface area contributed by atoms with Gasteiger partial charge >= 0.3 is 0 Å². The summed E-state index contributed by atoms with van der Waals surface area (Å²) >= 11 is 0. The summed E-state index contributed by atoms with van der Waals surface area (Å²) in [6, 6.07) is 19.1. The van der Waals surface area contributed by atoms with Crippen LogP contribution in [0.3, 0.4) is 0 Å². The summed E-state index contributed by atoms with van der Waals surface area (Å²) in [5.41, 5.74) is -0.201. The molecule has 0 aliphatic carbocycles. The number of hydrogen-bond acceptors (Lipinski definition) is 6. The van der Waals surface area contributed by atoms with Gasteiger partial charge in [0.2, 0.25) is 0 Å². The van der Waals surface area contributed by atoms with Gasteiger partial charge in [0.25, 0.3) is 0 Å². The second-order valence-electron chi connectivity index (χ2n) is 5.51. The molecule has 0 aromatic heterocycles. The van der Waals surface area contributed by atoms with Gasteiger partial charge in [0.1, 0.15) is 11.7 Å². The lowest BCUT2D eigenvalue weighted by Gasteiger charge is -2.27. The molecule has 0 saturated carbocycles. The van der Waals surface area contributed by atoms with Crippen molar-refractivity contribution < 1.29 is 20.4 Å². The fraction of sp³-hybridized carbons (Fsp3) is 0.278. The van der Waals surface area contributed by atoms with Crippen molar-refractivity contribution in [1.29, 1.82) is 0 Å². The summed E-state index contributed by atoms with van der Waals surface area (Å²) in [5, 5.41) is 44.0. The van der Waals surface area contributed by atoms with Gasteiger partial charge in [-0.3, -0.25) is 5.01 Å². The SMILES string of the molecule is OCC(O)(CO)[C@H](O)/C=N/N(Cc1ccccc1)c1ccccc1. The number of benzene rings is 2. The van der Waals surface area contributed by atoms with Crippen LogP contribution in [0.15, 0.2) is 65.8 Å². The highest BCUT2D eigenvalue weighted by Gasteiger charge is 2.33. The van der Waals surface area contributed by atoms with Crippen molar-refractivity contribution in [3.63, 3.8) is 0 Å². The van der Waals surface area contributed by atoms with E-state index in [9.17, 15) is 10.2 Å². The number of hydrogen-bond donors (Lipinski definition) is 4. The van der Waals surface area contributed by atoms with Crippen LogP contribution < -0.4 is 5.01 Å². The predicted octanol–water partition coefficient (Wildman–Crippen LogP) is 0.756. The number of anilines is 1. The van der Waals surface area contributed by atoms with Gasteiger partial charge in [0.15, 0.2) is 0 Å². The zero-order valence-electron chi connectivity index (χ0n) is 13.2. The molecule has 2 rings (SSSR count). The molecule has 128 valence electrons. The topological polar surface area (TPSA) is 96.5 Å². The van der Waals surface area contributed by atoms with E-state index in [2.05, 4.69) is 5.10 Å². The van der Waals surface area contributed by atoms with Gasteiger partial charge in [-0.2, -0.15) is 5.10 Å². The maximum absolute atomic E-state index is 9.98. The van der Waals surface area contributed by atoms with Crippen molar-refractivity contribution in [1.82, 2.24) is 0 Å². The van der Waals surface area contributed by atoms with Crippen LogP contribution in [0.1, 0.15) is 5.56 Å². The van der Waals surface area contributed by atoms with E-state index in [0.717, 1.165) is 17.5 Å². The van der Waals surface area contributed by atoms with Gasteiger partial charge in [-0.25, -0.2) is 0 Å². The Hall–Kier alpha value is -2.25. The van der Waals surface area contributed by atoms with Crippen molar-refractivity contribution >= 4 is 11.9 Å². The normalized spacial score (nSPS) is 13.2. The zero-order chi connectivity index (χ0) is 17.4. The maximum Gasteiger partial charge on any atom is 0.141 e. The molecule has 0 saturated heterocycles. The maximum atomic E-state index is 9.98. The van der Waals surface area contributed by atoms with Crippen molar-refractivity contribution in [3.05, 3.63) is 66.2 Å². The molecule has 0 radical (unpaired) electrons. The minimum Gasteiger partial charge on any atom is -0.393 e. The summed E-state index contributed by atoms with van der Waals surface area (Å²) in [4.78, 5) is 0. The van der Waals surface area contributed by atoms with E-state index in [0.29, 0.717) is 6.54 Å².